The number of carboxylic acid groups (broad SMARTS) is 1. The summed E-state index contributed by atoms with van der Waals surface area (Å²) in [7, 11) is 0. The lowest BCUT2D eigenvalue weighted by Gasteiger charge is -2.27. The number of carbonyl (C=O) groups is 2. The molecule has 0 amide bonds. The van der Waals surface area contributed by atoms with Crippen molar-refractivity contribution in [2.75, 3.05) is 0 Å². The molecule has 4 nitrogen and oxygen atoms in total. The molecule has 1 aliphatic carbocycles. The van der Waals surface area contributed by atoms with Crippen molar-refractivity contribution in [1.29, 1.82) is 0 Å². The molecule has 0 aliphatic heterocycles. The van der Waals surface area contributed by atoms with Gasteiger partial charge in [0, 0.05) is 10.8 Å². The molecule has 1 N–H and O–H groups in total. The van der Waals surface area contributed by atoms with E-state index >= 15 is 0 Å². The van der Waals surface area contributed by atoms with Crippen molar-refractivity contribution < 1.29 is 19.4 Å². The van der Waals surface area contributed by atoms with E-state index in [4.69, 9.17) is 4.74 Å². The predicted molar refractivity (Wildman–Crippen MR) is 142 cm³/mol. The molecule has 0 bridgehead atoms. The van der Waals surface area contributed by atoms with Crippen molar-refractivity contribution >= 4 is 33.5 Å². The maximum atomic E-state index is 13.5. The van der Waals surface area contributed by atoms with E-state index in [0.717, 1.165) is 32.7 Å². The van der Waals surface area contributed by atoms with Crippen molar-refractivity contribution in [3.63, 3.8) is 0 Å². The van der Waals surface area contributed by atoms with Crippen molar-refractivity contribution in [2.24, 2.45) is 11.8 Å². The largest absolute Gasteiger partial charge is 0.481 e. The first-order valence-electron chi connectivity index (χ1n) is 12.4. The molecule has 2 atom stereocenters. The molecular weight excluding hydrogens is 436 g/mol. The van der Waals surface area contributed by atoms with Gasteiger partial charge in [0.05, 0.1) is 11.8 Å². The molecule has 0 aromatic heterocycles. The summed E-state index contributed by atoms with van der Waals surface area (Å²) in [4.78, 5) is 25.4. The molecule has 0 fully saturated rings. The minimum atomic E-state index is -0.952. The third kappa shape index (κ3) is 4.98. The summed E-state index contributed by atoms with van der Waals surface area (Å²) in [5.74, 6) is -2.39. The first-order chi connectivity index (χ1) is 16.3. The Bertz CT molecular complexity index is 1350. The summed E-state index contributed by atoms with van der Waals surface area (Å²) in [6, 6.07) is 14.8. The molecule has 0 heterocycles. The van der Waals surface area contributed by atoms with Crippen LogP contribution in [0, 0.1) is 11.8 Å². The monoisotopic (exact) mass is 472 g/mol. The molecule has 0 saturated heterocycles. The smallest absolute Gasteiger partial charge is 0.315 e. The number of aliphatic carboxylic acids is 1. The maximum absolute atomic E-state index is 13.5. The number of carbonyl (C=O) groups excluding carboxylic acids is 1. The second kappa shape index (κ2) is 8.82. The van der Waals surface area contributed by atoms with Crippen molar-refractivity contribution in [3.8, 4) is 5.75 Å². The number of carboxylic acids is 1. The summed E-state index contributed by atoms with van der Waals surface area (Å²) in [6.07, 6.45) is 2.71. The summed E-state index contributed by atoms with van der Waals surface area (Å²) in [5.41, 5.74) is 3.26. The zero-order chi connectivity index (χ0) is 25.7. The molecule has 3 aromatic carbocycles. The van der Waals surface area contributed by atoms with E-state index < -0.39 is 23.8 Å². The first kappa shape index (κ1) is 25.0. The molecule has 1 aliphatic rings. The predicted octanol–water partition coefficient (Wildman–Crippen LogP) is 7.55. The van der Waals surface area contributed by atoms with Gasteiger partial charge in [-0.05, 0) is 64.6 Å². The molecule has 3 aromatic rings. The van der Waals surface area contributed by atoms with Crippen LogP contribution in [0.5, 0.6) is 5.75 Å². The number of allylic oxidation sites excluding steroid dienone is 2. The second-order valence-electron chi connectivity index (χ2n) is 12.0. The number of hydrogen-bond donors (Lipinski definition) is 1. The Morgan fingerprint density at radius 2 is 1.46 bits per heavy atom. The lowest BCUT2D eigenvalue weighted by molar-refractivity contribution is -0.152. The van der Waals surface area contributed by atoms with Gasteiger partial charge in [-0.25, -0.2) is 0 Å². The van der Waals surface area contributed by atoms with E-state index in [0.29, 0.717) is 18.6 Å². The van der Waals surface area contributed by atoms with Gasteiger partial charge in [0.25, 0.3) is 0 Å². The van der Waals surface area contributed by atoms with Gasteiger partial charge < -0.3 is 9.84 Å². The molecule has 184 valence electrons. The average Bonchev–Trinajstić information content (AvgIpc) is 2.76. The Morgan fingerprint density at radius 3 is 2.09 bits per heavy atom. The van der Waals surface area contributed by atoms with Crippen LogP contribution in [0.2, 0.25) is 0 Å². The fourth-order valence-electron chi connectivity index (χ4n) is 4.88. The standard InChI is InChI=1S/C31H36O4/c1-18-8-12-24(26(14-18)28(32)33)29(34)35-27-23-13-11-21(30(2,3)4)16-20(23)15-19-9-10-22(17-25(19)27)31(5,6)7/h8-11,13,15-17,24,26H,12,14H2,1-7H3,(H,32,33). The van der Waals surface area contributed by atoms with Crippen LogP contribution in [-0.2, 0) is 20.4 Å². The van der Waals surface area contributed by atoms with E-state index in [1.54, 1.807) is 0 Å². The van der Waals surface area contributed by atoms with Crippen LogP contribution < -0.4 is 4.74 Å². The average molecular weight is 473 g/mol. The highest BCUT2D eigenvalue weighted by molar-refractivity contribution is 6.07. The third-order valence-corrected chi connectivity index (χ3v) is 7.21. The van der Waals surface area contributed by atoms with E-state index in [1.165, 1.54) is 5.56 Å². The van der Waals surface area contributed by atoms with Gasteiger partial charge in [-0.1, -0.05) is 83.5 Å². The molecule has 0 radical (unpaired) electrons. The molecule has 2 unspecified atom stereocenters. The van der Waals surface area contributed by atoms with Gasteiger partial charge in [-0.3, -0.25) is 9.59 Å². The topological polar surface area (TPSA) is 63.6 Å². The van der Waals surface area contributed by atoms with Crippen molar-refractivity contribution in [3.05, 3.63) is 65.2 Å². The van der Waals surface area contributed by atoms with Gasteiger partial charge in [0.2, 0.25) is 0 Å². The Hall–Kier alpha value is -3.14. The maximum Gasteiger partial charge on any atom is 0.315 e. The van der Waals surface area contributed by atoms with Gasteiger partial charge in [0.15, 0.2) is 0 Å². The van der Waals surface area contributed by atoms with Gasteiger partial charge in [-0.2, -0.15) is 0 Å². The Labute approximate surface area is 208 Å². The third-order valence-electron chi connectivity index (χ3n) is 7.21. The summed E-state index contributed by atoms with van der Waals surface area (Å²) in [5, 5.41) is 13.5. The summed E-state index contributed by atoms with van der Waals surface area (Å²) < 4.78 is 6.16. The minimum Gasteiger partial charge on any atom is -0.481 e. The second-order valence-corrected chi connectivity index (χ2v) is 12.0. The van der Waals surface area contributed by atoms with Gasteiger partial charge in [0.1, 0.15) is 5.75 Å². The van der Waals surface area contributed by atoms with E-state index in [9.17, 15) is 14.7 Å². The van der Waals surface area contributed by atoms with Crippen LogP contribution in [0.3, 0.4) is 0 Å². The van der Waals surface area contributed by atoms with Crippen LogP contribution in [0.25, 0.3) is 21.5 Å². The SMILES string of the molecule is CC1=CCC(C(=O)Oc2c3ccc(C(C)(C)C)cc3cc3ccc(C(C)(C)C)cc23)C(C(=O)O)C1. The van der Waals surface area contributed by atoms with Gasteiger partial charge in [-0.15, -0.1) is 0 Å². The number of rotatable bonds is 3. The van der Waals surface area contributed by atoms with Crippen LogP contribution in [0.15, 0.2) is 54.1 Å². The van der Waals surface area contributed by atoms with Crippen LogP contribution in [0.4, 0.5) is 0 Å². The van der Waals surface area contributed by atoms with E-state index in [-0.39, 0.29) is 10.8 Å². The highest BCUT2D eigenvalue weighted by atomic mass is 16.5. The highest BCUT2D eigenvalue weighted by Crippen LogP contribution is 2.40. The number of esters is 1. The van der Waals surface area contributed by atoms with Gasteiger partial charge >= 0.3 is 11.9 Å². The number of ether oxygens (including phenoxy) is 1. The normalized spacial score (nSPS) is 19.0. The van der Waals surface area contributed by atoms with E-state index in [1.807, 2.05) is 19.1 Å². The summed E-state index contributed by atoms with van der Waals surface area (Å²) in [6.45, 7) is 14.9. The zero-order valence-corrected chi connectivity index (χ0v) is 21.9. The van der Waals surface area contributed by atoms with Crippen molar-refractivity contribution in [1.82, 2.24) is 0 Å². The highest BCUT2D eigenvalue weighted by Gasteiger charge is 2.37. The number of hydrogen-bond acceptors (Lipinski definition) is 3. The molecule has 0 spiro atoms. The van der Waals surface area contributed by atoms with Crippen LogP contribution in [-0.4, -0.2) is 17.0 Å². The fraction of sp³-hybridized carbons (Fsp3) is 0.419. The quantitative estimate of drug-likeness (QED) is 0.185. The molecule has 4 heteroatoms. The Morgan fingerprint density at radius 1 is 0.829 bits per heavy atom. The molecule has 4 rings (SSSR count). The lowest BCUT2D eigenvalue weighted by Crippen LogP contribution is -2.34. The van der Waals surface area contributed by atoms with Crippen LogP contribution in [0.1, 0.15) is 72.4 Å². The lowest BCUT2D eigenvalue weighted by atomic mass is 9.80. The Balaban J connectivity index is 1.90. The Kier molecular flexibility index (Phi) is 6.29. The number of fused-ring (bicyclic) bond motifs is 2. The van der Waals surface area contributed by atoms with Crippen molar-refractivity contribution in [2.45, 2.75) is 72.1 Å². The summed E-state index contributed by atoms with van der Waals surface area (Å²) >= 11 is 0. The number of benzene rings is 3. The zero-order valence-electron chi connectivity index (χ0n) is 21.9. The first-order valence-corrected chi connectivity index (χ1v) is 12.4. The molecular formula is C31H36O4. The van der Waals surface area contributed by atoms with E-state index in [2.05, 4.69) is 77.9 Å². The van der Waals surface area contributed by atoms with Crippen LogP contribution >= 0.6 is 0 Å². The molecule has 35 heavy (non-hydrogen) atoms. The minimum absolute atomic E-state index is 0.0168. The molecule has 0 saturated carbocycles. The fourth-order valence-corrected chi connectivity index (χ4v) is 4.88.